The van der Waals surface area contributed by atoms with Crippen molar-refractivity contribution in [1.82, 2.24) is 0 Å². The van der Waals surface area contributed by atoms with E-state index in [1.54, 1.807) is 6.07 Å². The second-order valence-electron chi connectivity index (χ2n) is 5.15. The maximum atomic E-state index is 11.1. The van der Waals surface area contributed by atoms with E-state index in [1.165, 1.54) is 19.3 Å². The normalized spacial score (nSPS) is 27.2. The van der Waals surface area contributed by atoms with Gasteiger partial charge in [-0.1, -0.05) is 24.1 Å². The molecule has 2 nitrogen and oxygen atoms in total. The predicted molar refractivity (Wildman–Crippen MR) is 69.9 cm³/mol. The van der Waals surface area contributed by atoms with E-state index in [0.717, 1.165) is 36.9 Å². The van der Waals surface area contributed by atoms with Crippen molar-refractivity contribution in [3.63, 3.8) is 0 Å². The average Bonchev–Trinajstić information content (AvgIpc) is 2.88. The second-order valence-corrected chi connectivity index (χ2v) is 5.55. The standard InChI is InChI=1S/C14H16ClNO/c15-13-5-2-6-14(12(13)9-17)16-7-10-3-1-4-11(10)8-16/h2,5-6,9-11H,1,3-4,7-8H2. The highest BCUT2D eigenvalue weighted by atomic mass is 35.5. The van der Waals surface area contributed by atoms with Gasteiger partial charge in [0.1, 0.15) is 0 Å². The molecule has 3 heteroatoms. The van der Waals surface area contributed by atoms with Gasteiger partial charge in [-0.15, -0.1) is 0 Å². The third-order valence-corrected chi connectivity index (χ3v) is 4.54. The third kappa shape index (κ3) is 1.85. The summed E-state index contributed by atoms with van der Waals surface area (Å²) in [7, 11) is 0. The van der Waals surface area contributed by atoms with Crippen molar-refractivity contribution in [2.45, 2.75) is 19.3 Å². The molecule has 17 heavy (non-hydrogen) atoms. The summed E-state index contributed by atoms with van der Waals surface area (Å²) in [5, 5.41) is 0.564. The van der Waals surface area contributed by atoms with Gasteiger partial charge in [0.05, 0.1) is 10.6 Å². The van der Waals surface area contributed by atoms with Gasteiger partial charge >= 0.3 is 0 Å². The quantitative estimate of drug-likeness (QED) is 0.749. The number of fused-ring (bicyclic) bond motifs is 1. The van der Waals surface area contributed by atoms with E-state index in [-0.39, 0.29) is 0 Å². The highest BCUT2D eigenvalue weighted by Gasteiger charge is 2.36. The lowest BCUT2D eigenvalue weighted by atomic mass is 10.0. The summed E-state index contributed by atoms with van der Waals surface area (Å²) < 4.78 is 0. The highest BCUT2D eigenvalue weighted by molar-refractivity contribution is 6.33. The molecule has 2 atom stereocenters. The van der Waals surface area contributed by atoms with Crippen LogP contribution in [0.5, 0.6) is 0 Å². The van der Waals surface area contributed by atoms with Gasteiger partial charge in [0.2, 0.25) is 0 Å². The van der Waals surface area contributed by atoms with Crippen molar-refractivity contribution in [2.24, 2.45) is 11.8 Å². The summed E-state index contributed by atoms with van der Waals surface area (Å²) in [4.78, 5) is 13.5. The first-order chi connectivity index (χ1) is 8.29. The van der Waals surface area contributed by atoms with Gasteiger partial charge in [0.25, 0.3) is 0 Å². The number of aldehydes is 1. The van der Waals surface area contributed by atoms with Crippen molar-refractivity contribution in [2.75, 3.05) is 18.0 Å². The first-order valence-electron chi connectivity index (χ1n) is 6.28. The molecule has 1 heterocycles. The Morgan fingerprint density at radius 3 is 2.59 bits per heavy atom. The van der Waals surface area contributed by atoms with Crippen molar-refractivity contribution < 1.29 is 4.79 Å². The van der Waals surface area contributed by atoms with Crippen LogP contribution in [0.2, 0.25) is 5.02 Å². The Labute approximate surface area is 107 Å². The van der Waals surface area contributed by atoms with E-state index < -0.39 is 0 Å². The van der Waals surface area contributed by atoms with E-state index in [9.17, 15) is 4.79 Å². The minimum atomic E-state index is 0.564. The summed E-state index contributed by atoms with van der Waals surface area (Å²) in [6.45, 7) is 2.18. The molecule has 3 rings (SSSR count). The van der Waals surface area contributed by atoms with Crippen LogP contribution >= 0.6 is 11.6 Å². The number of carbonyl (C=O) groups excluding carboxylic acids is 1. The molecule has 0 amide bonds. The van der Waals surface area contributed by atoms with Gasteiger partial charge in [0, 0.05) is 18.8 Å². The number of anilines is 1. The number of benzene rings is 1. The van der Waals surface area contributed by atoms with Crippen LogP contribution in [0.3, 0.4) is 0 Å². The molecular formula is C14H16ClNO. The van der Waals surface area contributed by atoms with E-state index in [0.29, 0.717) is 10.6 Å². The number of halogens is 1. The molecular weight excluding hydrogens is 234 g/mol. The monoisotopic (exact) mass is 249 g/mol. The van der Waals surface area contributed by atoms with Crippen molar-refractivity contribution in [3.8, 4) is 0 Å². The van der Waals surface area contributed by atoms with Crippen molar-refractivity contribution in [1.29, 1.82) is 0 Å². The summed E-state index contributed by atoms with van der Waals surface area (Å²) >= 11 is 6.07. The Bertz CT molecular complexity index is 434. The van der Waals surface area contributed by atoms with Crippen LogP contribution in [0.1, 0.15) is 29.6 Å². The fraction of sp³-hybridized carbons (Fsp3) is 0.500. The van der Waals surface area contributed by atoms with Gasteiger partial charge in [-0.05, 0) is 36.8 Å². The van der Waals surface area contributed by atoms with Crippen molar-refractivity contribution >= 4 is 23.6 Å². The molecule has 0 bridgehead atoms. The molecule has 1 aromatic rings. The zero-order chi connectivity index (χ0) is 11.8. The Kier molecular flexibility index (Phi) is 2.83. The van der Waals surface area contributed by atoms with Crippen LogP contribution in [0.25, 0.3) is 0 Å². The van der Waals surface area contributed by atoms with Gasteiger partial charge < -0.3 is 4.90 Å². The third-order valence-electron chi connectivity index (χ3n) is 4.21. The van der Waals surface area contributed by atoms with Crippen LogP contribution in [-0.2, 0) is 0 Å². The molecule has 0 aromatic heterocycles. The molecule has 90 valence electrons. The van der Waals surface area contributed by atoms with Crippen LogP contribution < -0.4 is 4.90 Å². The van der Waals surface area contributed by atoms with E-state index in [4.69, 9.17) is 11.6 Å². The van der Waals surface area contributed by atoms with Crippen LogP contribution in [0.4, 0.5) is 5.69 Å². The van der Waals surface area contributed by atoms with E-state index in [1.807, 2.05) is 12.1 Å². The van der Waals surface area contributed by atoms with Gasteiger partial charge in [-0.3, -0.25) is 4.79 Å². The minimum Gasteiger partial charge on any atom is -0.370 e. The Morgan fingerprint density at radius 1 is 1.24 bits per heavy atom. The summed E-state index contributed by atoms with van der Waals surface area (Å²) in [6.07, 6.45) is 4.95. The Morgan fingerprint density at radius 2 is 1.94 bits per heavy atom. The molecule has 1 aromatic carbocycles. The largest absolute Gasteiger partial charge is 0.370 e. The lowest BCUT2D eigenvalue weighted by Crippen LogP contribution is -2.22. The van der Waals surface area contributed by atoms with Gasteiger partial charge in [0.15, 0.2) is 6.29 Å². The molecule has 1 saturated heterocycles. The average molecular weight is 250 g/mol. The molecule has 1 aliphatic heterocycles. The number of nitrogens with zero attached hydrogens (tertiary/aromatic N) is 1. The molecule has 2 aliphatic rings. The lowest BCUT2D eigenvalue weighted by Gasteiger charge is -2.21. The van der Waals surface area contributed by atoms with Crippen LogP contribution in [-0.4, -0.2) is 19.4 Å². The summed E-state index contributed by atoms with van der Waals surface area (Å²) in [6, 6.07) is 5.72. The first-order valence-corrected chi connectivity index (χ1v) is 6.66. The fourth-order valence-electron chi connectivity index (χ4n) is 3.35. The number of carbonyl (C=O) groups is 1. The fourth-order valence-corrected chi connectivity index (χ4v) is 3.56. The molecule has 2 fully saturated rings. The minimum absolute atomic E-state index is 0.564. The maximum Gasteiger partial charge on any atom is 0.153 e. The van der Waals surface area contributed by atoms with Crippen LogP contribution in [0, 0.1) is 11.8 Å². The molecule has 1 saturated carbocycles. The molecule has 0 spiro atoms. The smallest absolute Gasteiger partial charge is 0.153 e. The Hall–Kier alpha value is -1.02. The van der Waals surface area contributed by atoms with Gasteiger partial charge in [-0.25, -0.2) is 0 Å². The second kappa shape index (κ2) is 4.34. The first kappa shape index (κ1) is 11.1. The van der Waals surface area contributed by atoms with Crippen LogP contribution in [0.15, 0.2) is 18.2 Å². The van der Waals surface area contributed by atoms with E-state index in [2.05, 4.69) is 4.90 Å². The lowest BCUT2D eigenvalue weighted by molar-refractivity contribution is 0.112. The molecule has 1 aliphatic carbocycles. The summed E-state index contributed by atoms with van der Waals surface area (Å²) in [5.41, 5.74) is 1.66. The molecule has 0 N–H and O–H groups in total. The Balaban J connectivity index is 1.90. The topological polar surface area (TPSA) is 20.3 Å². The molecule has 0 radical (unpaired) electrons. The zero-order valence-electron chi connectivity index (χ0n) is 9.73. The number of hydrogen-bond acceptors (Lipinski definition) is 2. The maximum absolute atomic E-state index is 11.1. The number of rotatable bonds is 2. The predicted octanol–water partition coefficient (Wildman–Crippen LogP) is 3.39. The van der Waals surface area contributed by atoms with E-state index >= 15 is 0 Å². The van der Waals surface area contributed by atoms with Crippen molar-refractivity contribution in [3.05, 3.63) is 28.8 Å². The number of hydrogen-bond donors (Lipinski definition) is 0. The van der Waals surface area contributed by atoms with Gasteiger partial charge in [-0.2, -0.15) is 0 Å². The summed E-state index contributed by atoms with van der Waals surface area (Å²) in [5.74, 6) is 1.65. The highest BCUT2D eigenvalue weighted by Crippen LogP contribution is 2.40. The molecule has 2 unspecified atom stereocenters. The zero-order valence-corrected chi connectivity index (χ0v) is 10.5. The SMILES string of the molecule is O=Cc1c(Cl)cccc1N1CC2CCCC2C1.